The maximum atomic E-state index is 13.8. The molecule has 14 nitrogen and oxygen atoms in total. The van der Waals surface area contributed by atoms with Crippen LogP contribution in [0.5, 0.6) is 0 Å². The highest BCUT2D eigenvalue weighted by Gasteiger charge is 2.57. The zero-order valence-corrected chi connectivity index (χ0v) is 33.8. The summed E-state index contributed by atoms with van der Waals surface area (Å²) in [6.45, 7) is 7.55. The van der Waals surface area contributed by atoms with Crippen molar-refractivity contribution < 1.29 is 29.0 Å². The second-order valence-corrected chi connectivity index (χ2v) is 17.4. The molecule has 4 amide bonds. The summed E-state index contributed by atoms with van der Waals surface area (Å²) in [7, 11) is 1.30. The molecule has 59 heavy (non-hydrogen) atoms. The van der Waals surface area contributed by atoms with Gasteiger partial charge in [-0.2, -0.15) is 0 Å². The topological polar surface area (TPSA) is 186 Å². The van der Waals surface area contributed by atoms with Gasteiger partial charge < -0.3 is 40.2 Å². The van der Waals surface area contributed by atoms with Crippen LogP contribution in [0.2, 0.25) is 0 Å². The first-order valence-electron chi connectivity index (χ1n) is 20.6. The Labute approximate surface area is 342 Å². The molecule has 8 atom stereocenters. The van der Waals surface area contributed by atoms with Gasteiger partial charge >= 0.3 is 12.2 Å². The Balaban J connectivity index is 0.883. The minimum atomic E-state index is -1.20. The van der Waals surface area contributed by atoms with Gasteiger partial charge in [-0.15, -0.1) is 0 Å². The fraction of sp³-hybridized carbons (Fsp3) is 0.422. The van der Waals surface area contributed by atoms with Crippen LogP contribution in [0, 0.1) is 23.7 Å². The third-order valence-electron chi connectivity index (χ3n) is 12.8. The number of aromatic nitrogens is 4. The number of hydrogen-bond donors (Lipinski definition) is 5. The molecule has 0 unspecified atom stereocenters. The normalized spacial score (nSPS) is 23.8. The number of carboxylic acid groups (broad SMARTS) is 1. The molecule has 0 bridgehead atoms. The number of nitrogens with one attached hydrogen (secondary N) is 4. The fourth-order valence-corrected chi connectivity index (χ4v) is 9.44. The third-order valence-corrected chi connectivity index (χ3v) is 12.8. The van der Waals surface area contributed by atoms with E-state index in [9.17, 15) is 24.3 Å². The number of alkyl carbamates (subject to hydrolysis) is 1. The van der Waals surface area contributed by atoms with Crippen molar-refractivity contribution in [1.82, 2.24) is 40.4 Å². The molecule has 5 aromatic rings. The molecule has 4 aliphatic rings. The summed E-state index contributed by atoms with van der Waals surface area (Å²) in [5.74, 6) is 1.77. The van der Waals surface area contributed by atoms with Gasteiger partial charge in [0.05, 0.1) is 43.0 Å². The first-order chi connectivity index (χ1) is 28.4. The largest absolute Gasteiger partial charge is 0.465 e. The van der Waals surface area contributed by atoms with E-state index in [2.05, 4.69) is 81.3 Å². The molecule has 4 fully saturated rings. The van der Waals surface area contributed by atoms with Gasteiger partial charge in [0, 0.05) is 17.6 Å². The van der Waals surface area contributed by atoms with Crippen molar-refractivity contribution in [3.8, 4) is 33.6 Å². The second-order valence-electron chi connectivity index (χ2n) is 17.4. The quantitative estimate of drug-likeness (QED) is 0.0923. The van der Waals surface area contributed by atoms with Crippen LogP contribution in [-0.2, 0) is 14.3 Å². The summed E-state index contributed by atoms with van der Waals surface area (Å²) in [6, 6.07) is 19.5. The van der Waals surface area contributed by atoms with Crippen molar-refractivity contribution in [2.75, 3.05) is 7.11 Å². The molecule has 0 radical (unpaired) electrons. The van der Waals surface area contributed by atoms with Crippen LogP contribution in [0.1, 0.15) is 77.1 Å². The summed E-state index contributed by atoms with van der Waals surface area (Å²) in [5.41, 5.74) is 5.88. The molecule has 2 aromatic heterocycles. The number of nitrogens with zero attached hydrogens (tertiary/aromatic N) is 4. The van der Waals surface area contributed by atoms with Gasteiger partial charge in [0.2, 0.25) is 11.8 Å². The zero-order chi connectivity index (χ0) is 41.3. The van der Waals surface area contributed by atoms with Crippen LogP contribution in [0.4, 0.5) is 9.59 Å². The third kappa shape index (κ3) is 7.18. The van der Waals surface area contributed by atoms with Crippen molar-refractivity contribution in [3.63, 3.8) is 0 Å². The Morgan fingerprint density at radius 2 is 1.12 bits per heavy atom. The number of carbonyl (C=O) groups excluding carboxylic acids is 3. The molecule has 306 valence electrons. The summed E-state index contributed by atoms with van der Waals surface area (Å²) < 4.78 is 4.80. The van der Waals surface area contributed by atoms with Gasteiger partial charge in [-0.25, -0.2) is 19.6 Å². The smallest absolute Gasteiger partial charge is 0.407 e. The number of amides is 4. The van der Waals surface area contributed by atoms with Gasteiger partial charge in [0.1, 0.15) is 23.7 Å². The van der Waals surface area contributed by atoms with E-state index in [-0.39, 0.29) is 47.8 Å². The Bertz CT molecular complexity index is 2440. The van der Waals surface area contributed by atoms with Crippen LogP contribution >= 0.6 is 0 Å². The van der Waals surface area contributed by atoms with E-state index < -0.39 is 24.3 Å². The minimum absolute atomic E-state index is 0.100. The van der Waals surface area contributed by atoms with Crippen LogP contribution in [0.25, 0.3) is 44.4 Å². The van der Waals surface area contributed by atoms with Gasteiger partial charge in [-0.05, 0) is 89.0 Å². The van der Waals surface area contributed by atoms with Crippen molar-refractivity contribution in [1.29, 1.82) is 0 Å². The number of H-pyrrole nitrogens is 2. The number of piperidine rings is 2. The number of likely N-dealkylation sites (tertiary alicyclic amines) is 2. The summed E-state index contributed by atoms with van der Waals surface area (Å²) in [6.07, 6.45) is 5.40. The molecule has 3 aromatic carbocycles. The molecule has 0 spiro atoms. The molecule has 2 saturated heterocycles. The summed E-state index contributed by atoms with van der Waals surface area (Å²) in [4.78, 5) is 71.2. The molecule has 2 saturated carbocycles. The first kappa shape index (κ1) is 38.3. The number of benzene rings is 3. The van der Waals surface area contributed by atoms with Gasteiger partial charge in [-0.3, -0.25) is 9.59 Å². The van der Waals surface area contributed by atoms with Gasteiger partial charge in [0.25, 0.3) is 0 Å². The number of methoxy groups -OCH3 is 1. The van der Waals surface area contributed by atoms with Crippen LogP contribution in [0.15, 0.2) is 73.1 Å². The minimum Gasteiger partial charge on any atom is -0.465 e. The molecule has 2 aliphatic heterocycles. The lowest BCUT2D eigenvalue weighted by atomic mass is 9.98. The Morgan fingerprint density at radius 3 is 1.63 bits per heavy atom. The van der Waals surface area contributed by atoms with E-state index in [1.54, 1.807) is 0 Å². The molecular formula is C45H50N8O6. The van der Waals surface area contributed by atoms with E-state index in [1.807, 2.05) is 49.9 Å². The Morgan fingerprint density at radius 1 is 0.661 bits per heavy atom. The molecule has 5 N–H and O–H groups in total. The lowest BCUT2D eigenvalue weighted by Gasteiger charge is -2.31. The molecule has 9 rings (SSSR count). The van der Waals surface area contributed by atoms with Crippen LogP contribution < -0.4 is 10.6 Å². The lowest BCUT2D eigenvalue weighted by molar-refractivity contribution is -0.137. The highest BCUT2D eigenvalue weighted by Crippen LogP contribution is 2.54. The molecule has 2 aliphatic carbocycles. The number of carbonyl (C=O) groups is 4. The molecule has 14 heteroatoms. The van der Waals surface area contributed by atoms with E-state index in [0.29, 0.717) is 11.8 Å². The second kappa shape index (κ2) is 14.9. The first-order valence-corrected chi connectivity index (χ1v) is 20.6. The van der Waals surface area contributed by atoms with E-state index in [4.69, 9.17) is 14.7 Å². The Hall–Kier alpha value is -6.18. The predicted molar refractivity (Wildman–Crippen MR) is 221 cm³/mol. The molecular weight excluding hydrogens is 749 g/mol. The summed E-state index contributed by atoms with van der Waals surface area (Å²) in [5, 5.41) is 16.7. The number of hydrogen-bond acceptors (Lipinski definition) is 7. The number of aromatic amines is 2. The number of rotatable bonds is 11. The Kier molecular flexibility index (Phi) is 9.67. The van der Waals surface area contributed by atoms with Gasteiger partial charge in [-0.1, -0.05) is 76.2 Å². The summed E-state index contributed by atoms with van der Waals surface area (Å²) >= 11 is 0. The number of imidazole rings is 2. The predicted octanol–water partition coefficient (Wildman–Crippen LogP) is 7.28. The van der Waals surface area contributed by atoms with Crippen molar-refractivity contribution in [2.45, 2.75) is 89.6 Å². The number of ether oxygens (including phenoxy) is 1. The van der Waals surface area contributed by atoms with E-state index in [0.717, 1.165) is 81.7 Å². The average molecular weight is 799 g/mol. The number of fused-ring (bicyclic) bond motifs is 3. The fourth-order valence-electron chi connectivity index (χ4n) is 9.44. The van der Waals surface area contributed by atoms with E-state index in [1.165, 1.54) is 7.11 Å². The SMILES string of the molecule is COC(=O)N[C@H](C(=O)N1[C@@H]2C[C@H]2C[C@H]1c1ncc(-c2ccc3cc(-c4ccc(-c5cnc([C@@H]6C[C@H]7C[C@H]7N6C(=O)[C@@H](NC(=O)O)C(C)C)[nH]5)cc4)ccc3c2)[nH]1)C(C)C. The van der Waals surface area contributed by atoms with Crippen LogP contribution in [-0.4, -0.2) is 90.1 Å². The maximum absolute atomic E-state index is 13.8. The maximum Gasteiger partial charge on any atom is 0.407 e. The zero-order valence-electron chi connectivity index (χ0n) is 33.8. The van der Waals surface area contributed by atoms with Crippen molar-refractivity contribution in [2.24, 2.45) is 23.7 Å². The van der Waals surface area contributed by atoms with Crippen LogP contribution in [0.3, 0.4) is 0 Å². The standard InChI is InChI=1S/C45H50N8O6/c1-22(2)38(50-44(56)57)42(54)52-34-16-30(34)18-36(52)40-46-20-32(48-40)25-8-6-24(7-9-25)26-10-11-28-15-29(13-12-27(28)14-26)33-21-47-41(49-33)37-19-31-17-35(31)53(37)43(55)39(23(3)4)51-45(58)59-5/h6-15,20-23,30-31,34-39,50H,16-19H2,1-5H3,(H,46,48)(H,47,49)(H,51,58)(H,56,57)/t30-,31+,34-,35-,36+,37+,38+,39+/m1/s1. The monoisotopic (exact) mass is 798 g/mol. The van der Waals surface area contributed by atoms with Gasteiger partial charge in [0.15, 0.2) is 0 Å². The molecule has 4 heterocycles. The highest BCUT2D eigenvalue weighted by molar-refractivity contribution is 5.91. The lowest BCUT2D eigenvalue weighted by Crippen LogP contribution is -2.52. The van der Waals surface area contributed by atoms with Crippen molar-refractivity contribution >= 4 is 34.8 Å². The van der Waals surface area contributed by atoms with Crippen molar-refractivity contribution in [3.05, 3.63) is 84.7 Å². The average Bonchev–Trinajstić information content (AvgIpc) is 3.81. The van der Waals surface area contributed by atoms with E-state index >= 15 is 0 Å². The highest BCUT2D eigenvalue weighted by atomic mass is 16.5.